The number of carbonyl (C=O) groups excluding carboxylic acids is 1. The molecule has 1 N–H and O–H groups in total. The van der Waals surface area contributed by atoms with E-state index in [1.54, 1.807) is 89.1 Å². The molecule has 8 heteroatoms. The Hall–Kier alpha value is -3.91. The van der Waals surface area contributed by atoms with Gasteiger partial charge in [0.2, 0.25) is 5.72 Å². The Bertz CT molecular complexity index is 1150. The second-order valence-electron chi connectivity index (χ2n) is 7.77. The van der Waals surface area contributed by atoms with Crippen LogP contribution < -0.4 is 18.9 Å². The summed E-state index contributed by atoms with van der Waals surface area (Å²) in [6.45, 7) is 0.0777. The first kappa shape index (κ1) is 23.3. The monoisotopic (exact) mass is 465 g/mol. The number of methoxy groups -OCH3 is 4. The maximum absolute atomic E-state index is 13.1. The largest absolute Gasteiger partial charge is 0.497 e. The predicted octanol–water partition coefficient (Wildman–Crippen LogP) is 4.26. The Morgan fingerprint density at radius 2 is 1.41 bits per heavy atom. The van der Waals surface area contributed by atoms with Crippen LogP contribution in [0.5, 0.6) is 23.0 Å². The van der Waals surface area contributed by atoms with Crippen molar-refractivity contribution in [2.24, 2.45) is 0 Å². The van der Waals surface area contributed by atoms with Gasteiger partial charge in [0.25, 0.3) is 0 Å². The van der Waals surface area contributed by atoms with Gasteiger partial charge in [-0.3, -0.25) is 4.90 Å². The molecule has 3 aromatic carbocycles. The van der Waals surface area contributed by atoms with Gasteiger partial charge in [0.05, 0.1) is 35.0 Å². The summed E-state index contributed by atoms with van der Waals surface area (Å²) >= 11 is 0. The Kier molecular flexibility index (Phi) is 6.51. The molecule has 0 bridgehead atoms. The second-order valence-corrected chi connectivity index (χ2v) is 7.77. The summed E-state index contributed by atoms with van der Waals surface area (Å²) in [7, 11) is 6.23. The molecule has 0 aromatic heterocycles. The third-order valence-corrected chi connectivity index (χ3v) is 5.94. The summed E-state index contributed by atoms with van der Waals surface area (Å²) in [6.07, 6.45) is -1.62. The van der Waals surface area contributed by atoms with Gasteiger partial charge in [-0.2, -0.15) is 0 Å². The molecule has 1 aliphatic heterocycles. The molecule has 1 amide bonds. The summed E-state index contributed by atoms with van der Waals surface area (Å²) in [4.78, 5) is 14.4. The summed E-state index contributed by atoms with van der Waals surface area (Å²) < 4.78 is 26.9. The lowest BCUT2D eigenvalue weighted by Crippen LogP contribution is -2.45. The van der Waals surface area contributed by atoms with Gasteiger partial charge in [0, 0.05) is 5.56 Å². The molecular formula is C26H27NO7. The normalized spacial score (nSPS) is 19.5. The smallest absolute Gasteiger partial charge is 0.413 e. The molecule has 1 heterocycles. The Balaban J connectivity index is 1.77. The van der Waals surface area contributed by atoms with E-state index in [4.69, 9.17) is 23.7 Å². The Morgan fingerprint density at radius 3 is 1.97 bits per heavy atom. The average molecular weight is 466 g/mol. The minimum Gasteiger partial charge on any atom is -0.497 e. The van der Waals surface area contributed by atoms with Crippen LogP contribution in [0.4, 0.5) is 4.79 Å². The van der Waals surface area contributed by atoms with Crippen LogP contribution in [0.2, 0.25) is 0 Å². The topological polar surface area (TPSA) is 86.7 Å². The van der Waals surface area contributed by atoms with Crippen LogP contribution in [0.15, 0.2) is 66.7 Å². The first-order valence-corrected chi connectivity index (χ1v) is 10.6. The van der Waals surface area contributed by atoms with Crippen molar-refractivity contribution in [2.45, 2.75) is 18.4 Å². The van der Waals surface area contributed by atoms with Crippen LogP contribution in [0.25, 0.3) is 0 Å². The van der Waals surface area contributed by atoms with Crippen molar-refractivity contribution in [2.75, 3.05) is 28.4 Å². The van der Waals surface area contributed by atoms with Crippen molar-refractivity contribution in [3.63, 3.8) is 0 Å². The van der Waals surface area contributed by atoms with Crippen LogP contribution in [0.3, 0.4) is 0 Å². The molecule has 1 saturated heterocycles. The quantitative estimate of drug-likeness (QED) is 0.532. The first-order valence-electron chi connectivity index (χ1n) is 10.6. The minimum atomic E-state index is -1.79. The Labute approximate surface area is 198 Å². The van der Waals surface area contributed by atoms with Gasteiger partial charge < -0.3 is 28.8 Å². The van der Waals surface area contributed by atoms with Crippen molar-refractivity contribution < 1.29 is 33.6 Å². The van der Waals surface area contributed by atoms with E-state index in [9.17, 15) is 9.90 Å². The highest BCUT2D eigenvalue weighted by Crippen LogP contribution is 2.48. The standard InChI is InChI=1S/C26H27NO7/c1-30-20-10-6-18(7-11-20)24-26(29,19-8-12-21(31-2)13-9-19)27(25(28)34-24)16-17-5-14-22(32-3)23(15-17)33-4/h5-15,24,29H,16H2,1-4H3/t24-,26+/m1/s1. The van der Waals surface area contributed by atoms with Crippen LogP contribution in [0.1, 0.15) is 22.8 Å². The molecule has 178 valence electrons. The number of benzene rings is 3. The number of ether oxygens (including phenoxy) is 5. The number of hydrogen-bond donors (Lipinski definition) is 1. The summed E-state index contributed by atoms with van der Waals surface area (Å²) in [6, 6.07) is 19.3. The predicted molar refractivity (Wildman–Crippen MR) is 124 cm³/mol. The van der Waals surface area contributed by atoms with E-state index in [1.165, 1.54) is 4.90 Å². The van der Waals surface area contributed by atoms with Crippen LogP contribution >= 0.6 is 0 Å². The molecule has 8 nitrogen and oxygen atoms in total. The molecule has 0 saturated carbocycles. The molecule has 0 radical (unpaired) electrons. The van der Waals surface area contributed by atoms with E-state index in [1.807, 2.05) is 6.07 Å². The van der Waals surface area contributed by atoms with Gasteiger partial charge in [-0.15, -0.1) is 0 Å². The lowest BCUT2D eigenvalue weighted by Gasteiger charge is -2.35. The minimum absolute atomic E-state index is 0.0777. The summed E-state index contributed by atoms with van der Waals surface area (Å²) in [5.41, 5.74) is 0.0603. The molecule has 2 atom stereocenters. The molecular weight excluding hydrogens is 438 g/mol. The van der Waals surface area contributed by atoms with Crippen LogP contribution in [0, 0.1) is 0 Å². The van der Waals surface area contributed by atoms with Crippen molar-refractivity contribution in [3.05, 3.63) is 83.4 Å². The van der Waals surface area contributed by atoms with E-state index < -0.39 is 17.9 Å². The van der Waals surface area contributed by atoms with E-state index >= 15 is 0 Å². The maximum Gasteiger partial charge on any atom is 0.413 e. The molecule has 3 aromatic rings. The zero-order valence-corrected chi connectivity index (χ0v) is 19.5. The number of nitrogens with zero attached hydrogens (tertiary/aromatic N) is 1. The SMILES string of the molecule is COc1ccc([C@H]2OC(=O)N(Cc3ccc(OC)c(OC)c3)[C@]2(O)c2ccc(OC)cc2)cc1. The highest BCUT2D eigenvalue weighted by Gasteiger charge is 2.56. The lowest BCUT2D eigenvalue weighted by molar-refractivity contribution is -0.113. The fraction of sp³-hybridized carbons (Fsp3) is 0.269. The lowest BCUT2D eigenvalue weighted by atomic mass is 9.90. The molecule has 0 unspecified atom stereocenters. The zero-order chi connectivity index (χ0) is 24.3. The zero-order valence-electron chi connectivity index (χ0n) is 19.5. The first-order chi connectivity index (χ1) is 16.4. The summed E-state index contributed by atoms with van der Waals surface area (Å²) in [5.74, 6) is 2.37. The second kappa shape index (κ2) is 9.52. The molecule has 34 heavy (non-hydrogen) atoms. The maximum atomic E-state index is 13.1. The van der Waals surface area contributed by atoms with Gasteiger partial charge in [-0.25, -0.2) is 4.79 Å². The van der Waals surface area contributed by atoms with E-state index in [0.29, 0.717) is 34.1 Å². The van der Waals surface area contributed by atoms with E-state index in [0.717, 1.165) is 5.56 Å². The van der Waals surface area contributed by atoms with Gasteiger partial charge in [-0.1, -0.05) is 30.3 Å². The van der Waals surface area contributed by atoms with Crippen molar-refractivity contribution >= 4 is 6.09 Å². The van der Waals surface area contributed by atoms with Gasteiger partial charge >= 0.3 is 6.09 Å². The molecule has 1 fully saturated rings. The van der Waals surface area contributed by atoms with Crippen molar-refractivity contribution in [1.29, 1.82) is 0 Å². The number of cyclic esters (lactones) is 1. The number of rotatable bonds is 8. The number of hydrogen-bond acceptors (Lipinski definition) is 7. The molecule has 1 aliphatic rings. The fourth-order valence-corrected chi connectivity index (χ4v) is 4.10. The number of carbonyl (C=O) groups is 1. The third-order valence-electron chi connectivity index (χ3n) is 5.94. The van der Waals surface area contributed by atoms with Gasteiger partial charge in [0.1, 0.15) is 11.5 Å². The van der Waals surface area contributed by atoms with E-state index in [-0.39, 0.29) is 6.54 Å². The van der Waals surface area contributed by atoms with E-state index in [2.05, 4.69) is 0 Å². The Morgan fingerprint density at radius 1 is 0.824 bits per heavy atom. The highest BCUT2D eigenvalue weighted by atomic mass is 16.6. The fourth-order valence-electron chi connectivity index (χ4n) is 4.10. The van der Waals surface area contributed by atoms with Crippen LogP contribution in [-0.2, 0) is 17.0 Å². The number of aliphatic hydroxyl groups is 1. The third kappa shape index (κ3) is 4.08. The molecule has 0 aliphatic carbocycles. The van der Waals surface area contributed by atoms with Gasteiger partial charge in [0.15, 0.2) is 17.6 Å². The van der Waals surface area contributed by atoms with Crippen LogP contribution in [-0.4, -0.2) is 44.5 Å². The highest BCUT2D eigenvalue weighted by molar-refractivity contribution is 5.72. The molecule has 0 spiro atoms. The van der Waals surface area contributed by atoms with Crippen molar-refractivity contribution in [3.8, 4) is 23.0 Å². The van der Waals surface area contributed by atoms with Gasteiger partial charge in [-0.05, 0) is 47.5 Å². The summed E-state index contributed by atoms with van der Waals surface area (Å²) in [5, 5.41) is 12.1. The molecule has 4 rings (SSSR count). The van der Waals surface area contributed by atoms with Crippen molar-refractivity contribution in [1.82, 2.24) is 4.90 Å². The average Bonchev–Trinajstić information content (AvgIpc) is 3.14. The number of amides is 1.